The Bertz CT molecular complexity index is 429. The Kier molecular flexibility index (Phi) is 5.07. The van der Waals surface area contributed by atoms with Gasteiger partial charge in [0, 0.05) is 13.1 Å². The second-order valence-corrected chi connectivity index (χ2v) is 4.05. The molecule has 0 unspecified atom stereocenters. The molecule has 18 heavy (non-hydrogen) atoms. The summed E-state index contributed by atoms with van der Waals surface area (Å²) in [7, 11) is 0. The Labute approximate surface area is 105 Å². The SMILES string of the molecule is CCCN(CCC)c1ccc(C(=O)O)c(F)c1F. The first kappa shape index (κ1) is 14.4. The molecule has 3 nitrogen and oxygen atoms in total. The van der Waals surface area contributed by atoms with Gasteiger partial charge in [0.1, 0.15) is 0 Å². The van der Waals surface area contributed by atoms with Crippen LogP contribution < -0.4 is 4.90 Å². The van der Waals surface area contributed by atoms with E-state index in [-0.39, 0.29) is 5.69 Å². The van der Waals surface area contributed by atoms with Crippen LogP contribution >= 0.6 is 0 Å². The maximum Gasteiger partial charge on any atom is 0.338 e. The van der Waals surface area contributed by atoms with Crippen LogP contribution in [0.2, 0.25) is 0 Å². The minimum Gasteiger partial charge on any atom is -0.478 e. The van der Waals surface area contributed by atoms with E-state index >= 15 is 0 Å². The number of carboxylic acid groups (broad SMARTS) is 1. The van der Waals surface area contributed by atoms with E-state index in [1.54, 1.807) is 4.90 Å². The number of halogens is 2. The first-order valence-electron chi connectivity index (χ1n) is 5.99. The Balaban J connectivity index is 3.16. The Morgan fingerprint density at radius 1 is 1.17 bits per heavy atom. The summed E-state index contributed by atoms with van der Waals surface area (Å²) < 4.78 is 27.4. The zero-order valence-electron chi connectivity index (χ0n) is 10.5. The van der Waals surface area contributed by atoms with Gasteiger partial charge >= 0.3 is 5.97 Å². The summed E-state index contributed by atoms with van der Waals surface area (Å²) in [5.74, 6) is -3.84. The van der Waals surface area contributed by atoms with E-state index in [2.05, 4.69) is 0 Å². The van der Waals surface area contributed by atoms with Gasteiger partial charge in [0.25, 0.3) is 0 Å². The third-order valence-corrected chi connectivity index (χ3v) is 2.62. The summed E-state index contributed by atoms with van der Waals surface area (Å²) >= 11 is 0. The highest BCUT2D eigenvalue weighted by atomic mass is 19.2. The normalized spacial score (nSPS) is 10.4. The number of carboxylic acids is 1. The second kappa shape index (κ2) is 6.33. The van der Waals surface area contributed by atoms with Gasteiger partial charge in [-0.2, -0.15) is 0 Å². The molecule has 0 bridgehead atoms. The van der Waals surface area contributed by atoms with Crippen LogP contribution in [-0.2, 0) is 0 Å². The third kappa shape index (κ3) is 2.97. The van der Waals surface area contributed by atoms with Gasteiger partial charge in [-0.05, 0) is 25.0 Å². The fourth-order valence-electron chi connectivity index (χ4n) is 1.84. The van der Waals surface area contributed by atoms with Gasteiger partial charge in [-0.1, -0.05) is 13.8 Å². The van der Waals surface area contributed by atoms with Crippen molar-refractivity contribution in [1.29, 1.82) is 0 Å². The first-order chi connectivity index (χ1) is 8.52. The van der Waals surface area contributed by atoms with Crippen molar-refractivity contribution >= 4 is 11.7 Å². The second-order valence-electron chi connectivity index (χ2n) is 4.05. The molecule has 1 N–H and O–H groups in total. The molecule has 5 heteroatoms. The molecule has 0 atom stereocenters. The van der Waals surface area contributed by atoms with E-state index in [0.717, 1.165) is 18.9 Å². The molecule has 0 aliphatic carbocycles. The summed E-state index contributed by atoms with van der Waals surface area (Å²) in [6.07, 6.45) is 1.61. The van der Waals surface area contributed by atoms with Crippen molar-refractivity contribution in [1.82, 2.24) is 0 Å². The van der Waals surface area contributed by atoms with E-state index in [0.29, 0.717) is 13.1 Å². The monoisotopic (exact) mass is 257 g/mol. The fraction of sp³-hybridized carbons (Fsp3) is 0.462. The van der Waals surface area contributed by atoms with Crippen LogP contribution in [0.3, 0.4) is 0 Å². The zero-order chi connectivity index (χ0) is 13.7. The number of hydrogen-bond donors (Lipinski definition) is 1. The average Bonchev–Trinajstić information content (AvgIpc) is 2.32. The van der Waals surface area contributed by atoms with E-state index in [4.69, 9.17) is 5.11 Å². The van der Waals surface area contributed by atoms with Crippen LogP contribution in [0.1, 0.15) is 37.0 Å². The number of aromatic carboxylic acids is 1. The van der Waals surface area contributed by atoms with Gasteiger partial charge in [-0.15, -0.1) is 0 Å². The molecule has 100 valence electrons. The Hall–Kier alpha value is -1.65. The maximum absolute atomic E-state index is 13.8. The molecule has 0 saturated heterocycles. The van der Waals surface area contributed by atoms with Crippen LogP contribution in [0.15, 0.2) is 12.1 Å². The lowest BCUT2D eigenvalue weighted by molar-refractivity contribution is 0.0690. The quantitative estimate of drug-likeness (QED) is 0.850. The van der Waals surface area contributed by atoms with Crippen molar-refractivity contribution in [2.75, 3.05) is 18.0 Å². The molecule has 0 heterocycles. The number of benzene rings is 1. The fourth-order valence-corrected chi connectivity index (χ4v) is 1.84. The van der Waals surface area contributed by atoms with E-state index in [1.807, 2.05) is 13.8 Å². The molecule has 0 aliphatic rings. The number of nitrogens with zero attached hydrogens (tertiary/aromatic N) is 1. The minimum absolute atomic E-state index is 0.126. The van der Waals surface area contributed by atoms with Crippen LogP contribution in [0.4, 0.5) is 14.5 Å². The molecule has 0 aromatic heterocycles. The molecular weight excluding hydrogens is 240 g/mol. The van der Waals surface area contributed by atoms with Gasteiger partial charge in [-0.25, -0.2) is 13.6 Å². The lowest BCUT2D eigenvalue weighted by atomic mass is 10.1. The smallest absolute Gasteiger partial charge is 0.338 e. The average molecular weight is 257 g/mol. The van der Waals surface area contributed by atoms with Crippen molar-refractivity contribution < 1.29 is 18.7 Å². The molecular formula is C13H17F2NO2. The van der Waals surface area contributed by atoms with E-state index in [9.17, 15) is 13.6 Å². The zero-order valence-corrected chi connectivity index (χ0v) is 10.5. The standard InChI is InChI=1S/C13H17F2NO2/c1-3-7-16(8-4-2)10-6-5-9(13(17)18)11(14)12(10)15/h5-6H,3-4,7-8H2,1-2H3,(H,17,18). The van der Waals surface area contributed by atoms with Gasteiger partial charge in [0.05, 0.1) is 11.3 Å². The molecule has 0 saturated carbocycles. The van der Waals surface area contributed by atoms with Crippen LogP contribution in [0.5, 0.6) is 0 Å². The summed E-state index contributed by atoms with van der Waals surface area (Å²) in [5, 5.41) is 8.71. The van der Waals surface area contributed by atoms with E-state index < -0.39 is 23.2 Å². The third-order valence-electron chi connectivity index (χ3n) is 2.62. The van der Waals surface area contributed by atoms with Crippen molar-refractivity contribution in [3.63, 3.8) is 0 Å². The largest absolute Gasteiger partial charge is 0.478 e. The number of anilines is 1. The molecule has 0 amide bonds. The summed E-state index contributed by atoms with van der Waals surface area (Å²) in [6, 6.07) is 2.43. The highest BCUT2D eigenvalue weighted by molar-refractivity contribution is 5.88. The predicted molar refractivity (Wildman–Crippen MR) is 66.1 cm³/mol. The first-order valence-corrected chi connectivity index (χ1v) is 5.99. The Morgan fingerprint density at radius 3 is 2.17 bits per heavy atom. The molecule has 1 aromatic carbocycles. The Morgan fingerprint density at radius 2 is 1.72 bits per heavy atom. The minimum atomic E-state index is -1.46. The number of rotatable bonds is 6. The lowest BCUT2D eigenvalue weighted by Gasteiger charge is -2.24. The highest BCUT2D eigenvalue weighted by Crippen LogP contribution is 2.24. The van der Waals surface area contributed by atoms with Gasteiger partial charge in [0.15, 0.2) is 11.6 Å². The van der Waals surface area contributed by atoms with Crippen molar-refractivity contribution in [3.8, 4) is 0 Å². The van der Waals surface area contributed by atoms with Crippen molar-refractivity contribution in [2.24, 2.45) is 0 Å². The lowest BCUT2D eigenvalue weighted by Crippen LogP contribution is -2.26. The molecule has 1 rings (SSSR count). The topological polar surface area (TPSA) is 40.5 Å². The molecule has 0 aliphatic heterocycles. The molecule has 0 spiro atoms. The van der Waals surface area contributed by atoms with Crippen LogP contribution in [0, 0.1) is 11.6 Å². The molecule has 0 fully saturated rings. The van der Waals surface area contributed by atoms with Crippen LogP contribution in [-0.4, -0.2) is 24.2 Å². The predicted octanol–water partition coefficient (Wildman–Crippen LogP) is 3.29. The van der Waals surface area contributed by atoms with Gasteiger partial charge < -0.3 is 10.0 Å². The highest BCUT2D eigenvalue weighted by Gasteiger charge is 2.20. The van der Waals surface area contributed by atoms with Crippen LogP contribution in [0.25, 0.3) is 0 Å². The van der Waals surface area contributed by atoms with Gasteiger partial charge in [-0.3, -0.25) is 0 Å². The number of carbonyl (C=O) groups is 1. The maximum atomic E-state index is 13.8. The number of hydrogen-bond acceptors (Lipinski definition) is 2. The van der Waals surface area contributed by atoms with Crippen molar-refractivity contribution in [3.05, 3.63) is 29.3 Å². The van der Waals surface area contributed by atoms with E-state index in [1.165, 1.54) is 6.07 Å². The summed E-state index contributed by atoms with van der Waals surface area (Å²) in [5.41, 5.74) is -0.509. The summed E-state index contributed by atoms with van der Waals surface area (Å²) in [4.78, 5) is 12.4. The summed E-state index contributed by atoms with van der Waals surface area (Å²) in [6.45, 7) is 5.11. The van der Waals surface area contributed by atoms with Crippen molar-refractivity contribution in [2.45, 2.75) is 26.7 Å². The molecule has 0 radical (unpaired) electrons. The van der Waals surface area contributed by atoms with Gasteiger partial charge in [0.2, 0.25) is 0 Å². The molecule has 1 aromatic rings.